The molecule has 1 N–H and O–H groups in total. The highest BCUT2D eigenvalue weighted by atomic mass is 32.2. The summed E-state index contributed by atoms with van der Waals surface area (Å²) in [4.78, 5) is 9.19. The number of nitrogens with one attached hydrogen (secondary N) is 1. The van der Waals surface area contributed by atoms with Crippen LogP contribution in [0.15, 0.2) is 11.2 Å². The summed E-state index contributed by atoms with van der Waals surface area (Å²) in [5, 5.41) is 5.21. The SMILES string of the molecule is CCNC1C(Sc2nc(C)cc(C)n2)CCCC1(C)C. The van der Waals surface area contributed by atoms with Gasteiger partial charge in [-0.1, -0.05) is 39.0 Å². The van der Waals surface area contributed by atoms with Crippen molar-refractivity contribution in [1.29, 1.82) is 0 Å². The van der Waals surface area contributed by atoms with Crippen molar-refractivity contribution in [3.63, 3.8) is 0 Å². The van der Waals surface area contributed by atoms with Gasteiger partial charge in [0, 0.05) is 22.7 Å². The molecule has 1 heterocycles. The molecule has 0 spiro atoms. The molecular formula is C16H27N3S. The smallest absolute Gasteiger partial charge is 0.188 e. The normalized spacial score (nSPS) is 25.6. The molecular weight excluding hydrogens is 266 g/mol. The second-order valence-electron chi connectivity index (χ2n) is 6.51. The number of aryl methyl sites for hydroxylation is 2. The van der Waals surface area contributed by atoms with Gasteiger partial charge >= 0.3 is 0 Å². The van der Waals surface area contributed by atoms with Crippen molar-refractivity contribution in [2.75, 3.05) is 6.54 Å². The summed E-state index contributed by atoms with van der Waals surface area (Å²) < 4.78 is 0. The minimum absolute atomic E-state index is 0.352. The van der Waals surface area contributed by atoms with E-state index in [1.54, 1.807) is 0 Å². The van der Waals surface area contributed by atoms with E-state index in [1.807, 2.05) is 31.7 Å². The van der Waals surface area contributed by atoms with Crippen molar-refractivity contribution in [3.8, 4) is 0 Å². The molecule has 2 rings (SSSR count). The quantitative estimate of drug-likeness (QED) is 0.858. The predicted octanol–water partition coefficient (Wildman–Crippen LogP) is 3.74. The molecule has 2 atom stereocenters. The standard InChI is InChI=1S/C16H27N3S/c1-6-17-14-13(8-7-9-16(14,4)5)20-15-18-11(2)10-12(3)19-15/h10,13-14,17H,6-9H2,1-5H3. The fourth-order valence-electron chi connectivity index (χ4n) is 3.22. The van der Waals surface area contributed by atoms with E-state index >= 15 is 0 Å². The highest BCUT2D eigenvalue weighted by Crippen LogP contribution is 2.42. The van der Waals surface area contributed by atoms with E-state index in [9.17, 15) is 0 Å². The molecule has 112 valence electrons. The molecule has 0 aromatic carbocycles. The van der Waals surface area contributed by atoms with Crippen molar-refractivity contribution in [2.24, 2.45) is 5.41 Å². The molecule has 0 bridgehead atoms. The van der Waals surface area contributed by atoms with Gasteiger partial charge in [0.05, 0.1) is 0 Å². The van der Waals surface area contributed by atoms with Crippen molar-refractivity contribution in [3.05, 3.63) is 17.5 Å². The molecule has 1 aliphatic rings. The van der Waals surface area contributed by atoms with Gasteiger partial charge in [0.15, 0.2) is 5.16 Å². The molecule has 0 saturated heterocycles. The summed E-state index contributed by atoms with van der Waals surface area (Å²) in [5.74, 6) is 0. The third-order valence-corrected chi connectivity index (χ3v) is 5.37. The average molecular weight is 293 g/mol. The van der Waals surface area contributed by atoms with Crippen LogP contribution >= 0.6 is 11.8 Å². The van der Waals surface area contributed by atoms with E-state index in [1.165, 1.54) is 19.3 Å². The number of thioether (sulfide) groups is 1. The van der Waals surface area contributed by atoms with E-state index in [0.717, 1.165) is 23.1 Å². The zero-order valence-corrected chi connectivity index (χ0v) is 14.2. The fraction of sp³-hybridized carbons (Fsp3) is 0.750. The average Bonchev–Trinajstić information content (AvgIpc) is 2.32. The van der Waals surface area contributed by atoms with Crippen LogP contribution in [0.5, 0.6) is 0 Å². The number of hydrogen-bond acceptors (Lipinski definition) is 4. The van der Waals surface area contributed by atoms with Gasteiger partial charge in [-0.15, -0.1) is 0 Å². The Morgan fingerprint density at radius 1 is 1.30 bits per heavy atom. The van der Waals surface area contributed by atoms with Gasteiger partial charge in [0.25, 0.3) is 0 Å². The summed E-state index contributed by atoms with van der Waals surface area (Å²) >= 11 is 1.86. The molecule has 3 nitrogen and oxygen atoms in total. The van der Waals surface area contributed by atoms with Gasteiger partial charge in [-0.05, 0) is 44.7 Å². The second-order valence-corrected chi connectivity index (χ2v) is 7.71. The van der Waals surface area contributed by atoms with Crippen LogP contribution < -0.4 is 5.32 Å². The summed E-state index contributed by atoms with van der Waals surface area (Å²) in [6.45, 7) is 12.1. The third kappa shape index (κ3) is 3.73. The first-order valence-corrected chi connectivity index (χ1v) is 8.52. The van der Waals surface area contributed by atoms with Gasteiger partial charge in [0.1, 0.15) is 0 Å². The maximum absolute atomic E-state index is 4.59. The van der Waals surface area contributed by atoms with Gasteiger partial charge in [-0.3, -0.25) is 0 Å². The maximum atomic E-state index is 4.59. The Balaban J connectivity index is 2.17. The minimum atomic E-state index is 0.352. The van der Waals surface area contributed by atoms with Crippen molar-refractivity contribution in [2.45, 2.75) is 70.3 Å². The Labute approximate surface area is 127 Å². The summed E-state index contributed by atoms with van der Waals surface area (Å²) in [7, 11) is 0. The van der Waals surface area contributed by atoms with Crippen LogP contribution in [0.2, 0.25) is 0 Å². The zero-order valence-electron chi connectivity index (χ0n) is 13.4. The first-order chi connectivity index (χ1) is 9.42. The lowest BCUT2D eigenvalue weighted by Crippen LogP contribution is -2.51. The number of rotatable bonds is 4. The second kappa shape index (κ2) is 6.44. The Bertz CT molecular complexity index is 439. The fourth-order valence-corrected chi connectivity index (χ4v) is 4.77. The highest BCUT2D eigenvalue weighted by Gasteiger charge is 2.39. The van der Waals surface area contributed by atoms with E-state index in [0.29, 0.717) is 16.7 Å². The molecule has 1 aromatic heterocycles. The number of nitrogens with zero attached hydrogens (tertiary/aromatic N) is 2. The van der Waals surface area contributed by atoms with Crippen LogP contribution in [0, 0.1) is 19.3 Å². The van der Waals surface area contributed by atoms with Crippen LogP contribution in [0.1, 0.15) is 51.4 Å². The van der Waals surface area contributed by atoms with Crippen LogP contribution in [-0.4, -0.2) is 27.8 Å². The minimum Gasteiger partial charge on any atom is -0.313 e. The largest absolute Gasteiger partial charge is 0.313 e. The third-order valence-electron chi connectivity index (χ3n) is 4.17. The Hall–Kier alpha value is -0.610. The van der Waals surface area contributed by atoms with E-state index < -0.39 is 0 Å². The predicted molar refractivity (Wildman–Crippen MR) is 86.2 cm³/mol. The lowest BCUT2D eigenvalue weighted by Gasteiger charge is -2.44. The Morgan fingerprint density at radius 2 is 1.95 bits per heavy atom. The summed E-state index contributed by atoms with van der Waals surface area (Å²) in [6.07, 6.45) is 3.86. The topological polar surface area (TPSA) is 37.8 Å². The molecule has 4 heteroatoms. The maximum Gasteiger partial charge on any atom is 0.188 e. The van der Waals surface area contributed by atoms with Gasteiger partial charge in [-0.25, -0.2) is 9.97 Å². The summed E-state index contributed by atoms with van der Waals surface area (Å²) in [5.41, 5.74) is 2.48. The Kier molecular flexibility index (Phi) is 5.08. The molecule has 0 radical (unpaired) electrons. The number of aromatic nitrogens is 2. The van der Waals surface area contributed by atoms with Gasteiger partial charge in [-0.2, -0.15) is 0 Å². The molecule has 20 heavy (non-hydrogen) atoms. The molecule has 1 fully saturated rings. The van der Waals surface area contributed by atoms with Crippen molar-refractivity contribution < 1.29 is 0 Å². The first kappa shape index (κ1) is 15.8. The molecule has 0 aliphatic heterocycles. The lowest BCUT2D eigenvalue weighted by molar-refractivity contribution is 0.176. The highest BCUT2D eigenvalue weighted by molar-refractivity contribution is 7.99. The molecule has 1 saturated carbocycles. The van der Waals surface area contributed by atoms with Crippen LogP contribution in [0.4, 0.5) is 0 Å². The molecule has 0 amide bonds. The van der Waals surface area contributed by atoms with Crippen LogP contribution in [0.3, 0.4) is 0 Å². The molecule has 1 aromatic rings. The lowest BCUT2D eigenvalue weighted by atomic mass is 9.73. The van der Waals surface area contributed by atoms with Gasteiger partial charge < -0.3 is 5.32 Å². The Morgan fingerprint density at radius 3 is 2.55 bits per heavy atom. The van der Waals surface area contributed by atoms with Crippen LogP contribution in [-0.2, 0) is 0 Å². The van der Waals surface area contributed by atoms with E-state index in [2.05, 4.69) is 36.1 Å². The van der Waals surface area contributed by atoms with Crippen LogP contribution in [0.25, 0.3) is 0 Å². The van der Waals surface area contributed by atoms with Crippen molar-refractivity contribution >= 4 is 11.8 Å². The zero-order chi connectivity index (χ0) is 14.8. The number of hydrogen-bond donors (Lipinski definition) is 1. The van der Waals surface area contributed by atoms with E-state index in [4.69, 9.17) is 0 Å². The first-order valence-electron chi connectivity index (χ1n) is 7.64. The van der Waals surface area contributed by atoms with Crippen molar-refractivity contribution in [1.82, 2.24) is 15.3 Å². The van der Waals surface area contributed by atoms with E-state index in [-0.39, 0.29) is 0 Å². The monoisotopic (exact) mass is 293 g/mol. The van der Waals surface area contributed by atoms with Gasteiger partial charge in [0.2, 0.25) is 0 Å². The molecule has 1 aliphatic carbocycles. The summed E-state index contributed by atoms with van der Waals surface area (Å²) in [6, 6.07) is 2.58. The molecule has 2 unspecified atom stereocenters.